The normalized spacial score (nSPS) is 17.9. The van der Waals surface area contributed by atoms with E-state index >= 15 is 0 Å². The van der Waals surface area contributed by atoms with Crippen molar-refractivity contribution in [2.24, 2.45) is 0 Å². The van der Waals surface area contributed by atoms with Crippen molar-refractivity contribution in [2.75, 3.05) is 19.7 Å². The van der Waals surface area contributed by atoms with E-state index in [1.807, 2.05) is 29.5 Å². The molecule has 5 nitrogen and oxygen atoms in total. The van der Waals surface area contributed by atoms with Crippen LogP contribution in [0.4, 0.5) is 0 Å². The molecule has 0 aliphatic carbocycles. The Bertz CT molecular complexity index is 761. The summed E-state index contributed by atoms with van der Waals surface area (Å²) in [6.45, 7) is 4.05. The number of carboxylic acids is 1. The van der Waals surface area contributed by atoms with Crippen molar-refractivity contribution >= 4 is 17.3 Å². The van der Waals surface area contributed by atoms with Gasteiger partial charge in [0.15, 0.2) is 0 Å². The van der Waals surface area contributed by atoms with Gasteiger partial charge in [0, 0.05) is 23.1 Å². The average Bonchev–Trinajstić information content (AvgIpc) is 3.08. The minimum absolute atomic E-state index is 0.0816. The Hall–Kier alpha value is -1.73. The second-order valence-electron chi connectivity index (χ2n) is 6.62. The van der Waals surface area contributed by atoms with E-state index in [2.05, 4.69) is 17.4 Å². The van der Waals surface area contributed by atoms with E-state index in [9.17, 15) is 5.11 Å². The third-order valence-corrected chi connectivity index (χ3v) is 6.10. The molecule has 3 heterocycles. The fourth-order valence-electron chi connectivity index (χ4n) is 3.69. The van der Waals surface area contributed by atoms with Crippen LogP contribution < -0.4 is 5.32 Å². The van der Waals surface area contributed by atoms with E-state index in [1.165, 1.54) is 15.3 Å². The predicted molar refractivity (Wildman–Crippen MR) is 102 cm³/mol. The molecule has 2 aromatic rings. The number of carbonyl (C=O) groups is 1. The first-order valence-corrected chi connectivity index (χ1v) is 9.74. The van der Waals surface area contributed by atoms with Crippen molar-refractivity contribution in [1.29, 1.82) is 0 Å². The Kier molecular flexibility index (Phi) is 6.09. The van der Waals surface area contributed by atoms with Gasteiger partial charge in [-0.05, 0) is 48.7 Å². The number of hydrogen-bond donors (Lipinski definition) is 3. The van der Waals surface area contributed by atoms with Gasteiger partial charge >= 0.3 is 0 Å². The molecule has 0 unspecified atom stereocenters. The van der Waals surface area contributed by atoms with Crippen LogP contribution in [0.3, 0.4) is 0 Å². The highest BCUT2D eigenvalue weighted by Crippen LogP contribution is 2.46. The molecule has 1 aromatic heterocycles. The fraction of sp³-hybridized carbons (Fsp3) is 0.450. The standard InChI is InChI=1S/C18H21NO2S.C2H4O2/c20-12-13-3-1-2-4-14(13)17-11-15-16(22-17)5-10-21-18(15)6-8-19-9-7-18;1-2(3)4/h1-4,11,19-20H,5-10,12H2;1H3,(H,3,4). The molecule has 1 aromatic carbocycles. The Labute approximate surface area is 157 Å². The maximum atomic E-state index is 9.60. The number of aliphatic carboxylic acids is 1. The Morgan fingerprint density at radius 3 is 2.69 bits per heavy atom. The summed E-state index contributed by atoms with van der Waals surface area (Å²) in [6.07, 6.45) is 3.12. The number of thiophene rings is 1. The topological polar surface area (TPSA) is 78.8 Å². The molecular weight excluding hydrogens is 350 g/mol. The highest BCUT2D eigenvalue weighted by atomic mass is 32.1. The van der Waals surface area contributed by atoms with Crippen LogP contribution in [0.15, 0.2) is 30.3 Å². The predicted octanol–water partition coefficient (Wildman–Crippen LogP) is 3.15. The van der Waals surface area contributed by atoms with Crippen LogP contribution in [-0.4, -0.2) is 35.9 Å². The second-order valence-corrected chi connectivity index (χ2v) is 7.76. The monoisotopic (exact) mass is 375 g/mol. The Balaban J connectivity index is 0.000000447. The lowest BCUT2D eigenvalue weighted by Gasteiger charge is -2.40. The zero-order valence-corrected chi connectivity index (χ0v) is 15.8. The third kappa shape index (κ3) is 3.99. The lowest BCUT2D eigenvalue weighted by molar-refractivity contribution is -0.134. The number of piperidine rings is 1. The molecule has 0 bridgehead atoms. The minimum Gasteiger partial charge on any atom is -0.481 e. The number of carboxylic acid groups (broad SMARTS) is 1. The first kappa shape index (κ1) is 19.0. The van der Waals surface area contributed by atoms with E-state index in [4.69, 9.17) is 14.6 Å². The molecule has 2 aliphatic heterocycles. The molecule has 0 radical (unpaired) electrons. The number of rotatable bonds is 2. The van der Waals surface area contributed by atoms with Crippen LogP contribution in [0.2, 0.25) is 0 Å². The lowest BCUT2D eigenvalue weighted by Crippen LogP contribution is -2.44. The van der Waals surface area contributed by atoms with E-state index in [0.29, 0.717) is 0 Å². The van der Waals surface area contributed by atoms with Crippen molar-refractivity contribution in [3.05, 3.63) is 46.3 Å². The number of fused-ring (bicyclic) bond motifs is 2. The van der Waals surface area contributed by atoms with Gasteiger partial charge in [-0.15, -0.1) is 11.3 Å². The maximum Gasteiger partial charge on any atom is 0.300 e. The van der Waals surface area contributed by atoms with Crippen LogP contribution >= 0.6 is 11.3 Å². The Morgan fingerprint density at radius 1 is 1.31 bits per heavy atom. The maximum absolute atomic E-state index is 9.60. The summed E-state index contributed by atoms with van der Waals surface area (Å²) < 4.78 is 6.26. The van der Waals surface area contributed by atoms with Gasteiger partial charge in [-0.3, -0.25) is 4.79 Å². The van der Waals surface area contributed by atoms with Gasteiger partial charge in [-0.25, -0.2) is 0 Å². The van der Waals surface area contributed by atoms with Crippen molar-refractivity contribution in [1.82, 2.24) is 5.32 Å². The summed E-state index contributed by atoms with van der Waals surface area (Å²) in [5.41, 5.74) is 3.48. The molecule has 26 heavy (non-hydrogen) atoms. The molecule has 0 amide bonds. The summed E-state index contributed by atoms with van der Waals surface area (Å²) >= 11 is 1.87. The van der Waals surface area contributed by atoms with E-state index in [-0.39, 0.29) is 12.2 Å². The largest absolute Gasteiger partial charge is 0.481 e. The molecule has 1 fully saturated rings. The number of benzene rings is 1. The number of nitrogens with one attached hydrogen (secondary N) is 1. The molecular formula is C20H25NO4S. The summed E-state index contributed by atoms with van der Waals surface area (Å²) in [5.74, 6) is -0.833. The molecule has 0 atom stereocenters. The zero-order chi connectivity index (χ0) is 18.6. The molecule has 6 heteroatoms. The number of ether oxygens (including phenoxy) is 1. The first-order valence-electron chi connectivity index (χ1n) is 8.92. The quantitative estimate of drug-likeness (QED) is 0.751. The number of hydrogen-bond acceptors (Lipinski definition) is 5. The van der Waals surface area contributed by atoms with Gasteiger partial charge in [0.1, 0.15) is 0 Å². The highest BCUT2D eigenvalue weighted by molar-refractivity contribution is 7.15. The lowest BCUT2D eigenvalue weighted by atomic mass is 9.82. The van der Waals surface area contributed by atoms with Crippen LogP contribution in [0.25, 0.3) is 10.4 Å². The highest BCUT2D eigenvalue weighted by Gasteiger charge is 2.40. The molecule has 2 aliphatic rings. The number of aliphatic hydroxyl groups is 1. The Morgan fingerprint density at radius 2 is 2.00 bits per heavy atom. The van der Waals surface area contributed by atoms with E-state index in [0.717, 1.165) is 57.0 Å². The SMILES string of the molecule is CC(=O)O.OCc1ccccc1-c1cc2c(s1)CCOC21CCNCC1. The first-order chi connectivity index (χ1) is 12.6. The van der Waals surface area contributed by atoms with Crippen LogP contribution in [0, 0.1) is 0 Å². The third-order valence-electron chi connectivity index (χ3n) is 4.87. The summed E-state index contributed by atoms with van der Waals surface area (Å²) in [5, 5.41) is 20.4. The molecule has 4 rings (SSSR count). The van der Waals surface area contributed by atoms with Gasteiger partial charge in [0.05, 0.1) is 18.8 Å². The molecule has 1 saturated heterocycles. The molecule has 0 saturated carbocycles. The van der Waals surface area contributed by atoms with Crippen LogP contribution in [-0.2, 0) is 28.2 Å². The summed E-state index contributed by atoms with van der Waals surface area (Å²) in [7, 11) is 0. The van der Waals surface area contributed by atoms with Crippen molar-refractivity contribution < 1.29 is 19.7 Å². The van der Waals surface area contributed by atoms with Crippen LogP contribution in [0.5, 0.6) is 0 Å². The molecule has 1 spiro atoms. The van der Waals surface area contributed by atoms with Gasteiger partial charge in [-0.2, -0.15) is 0 Å². The van der Waals surface area contributed by atoms with Crippen molar-refractivity contribution in [3.8, 4) is 10.4 Å². The minimum atomic E-state index is -0.833. The molecule has 3 N–H and O–H groups in total. The van der Waals surface area contributed by atoms with Crippen molar-refractivity contribution in [3.63, 3.8) is 0 Å². The average molecular weight is 375 g/mol. The molecule has 140 valence electrons. The van der Waals surface area contributed by atoms with Gasteiger partial charge in [0.25, 0.3) is 5.97 Å². The van der Waals surface area contributed by atoms with Gasteiger partial charge in [-0.1, -0.05) is 24.3 Å². The zero-order valence-electron chi connectivity index (χ0n) is 15.0. The van der Waals surface area contributed by atoms with E-state index in [1.54, 1.807) is 0 Å². The van der Waals surface area contributed by atoms with Gasteiger partial charge in [0.2, 0.25) is 0 Å². The summed E-state index contributed by atoms with van der Waals surface area (Å²) in [6, 6.07) is 10.5. The van der Waals surface area contributed by atoms with Crippen LogP contribution in [0.1, 0.15) is 35.8 Å². The smallest absolute Gasteiger partial charge is 0.300 e. The summed E-state index contributed by atoms with van der Waals surface area (Å²) in [4.78, 5) is 11.7. The van der Waals surface area contributed by atoms with Gasteiger partial charge < -0.3 is 20.3 Å². The fourth-order valence-corrected chi connectivity index (χ4v) is 4.98. The second kappa shape index (κ2) is 8.31. The van der Waals surface area contributed by atoms with Crippen molar-refractivity contribution in [2.45, 2.75) is 38.4 Å². The number of aliphatic hydroxyl groups excluding tert-OH is 1. The van der Waals surface area contributed by atoms with E-state index < -0.39 is 5.97 Å².